The summed E-state index contributed by atoms with van der Waals surface area (Å²) in [5, 5.41) is 13.1. The van der Waals surface area contributed by atoms with Crippen molar-refractivity contribution in [3.8, 4) is 17.2 Å². The van der Waals surface area contributed by atoms with E-state index in [2.05, 4.69) is 35.3 Å². The van der Waals surface area contributed by atoms with Gasteiger partial charge in [0.25, 0.3) is 0 Å². The van der Waals surface area contributed by atoms with E-state index < -0.39 is 0 Å². The first-order valence-corrected chi connectivity index (χ1v) is 12.7. The fourth-order valence-corrected chi connectivity index (χ4v) is 5.18. The van der Waals surface area contributed by atoms with Crippen molar-refractivity contribution in [3.05, 3.63) is 82.3 Å². The maximum Gasteiger partial charge on any atom is 0.326 e. The first kappa shape index (κ1) is 26.0. The number of rotatable bonds is 7. The molecule has 1 saturated heterocycles. The second kappa shape index (κ2) is 11.8. The number of benzene rings is 3. The van der Waals surface area contributed by atoms with Gasteiger partial charge in [0.2, 0.25) is 0 Å². The van der Waals surface area contributed by atoms with Gasteiger partial charge in [0, 0.05) is 34.5 Å². The molecule has 0 aromatic heterocycles. The van der Waals surface area contributed by atoms with E-state index in [4.69, 9.17) is 23.2 Å². The number of nitrogens with one attached hydrogen (secondary N) is 1. The normalized spacial score (nSPS) is 15.6. The van der Waals surface area contributed by atoms with Gasteiger partial charge >= 0.3 is 6.03 Å². The fraction of sp³-hybridized carbons (Fsp3) is 0.286. The largest absolute Gasteiger partial charge is 0.326 e. The third-order valence-electron chi connectivity index (χ3n) is 6.40. The second-order valence-corrected chi connectivity index (χ2v) is 9.97. The molecule has 1 aliphatic rings. The summed E-state index contributed by atoms with van der Waals surface area (Å²) < 4.78 is 0. The van der Waals surface area contributed by atoms with Crippen molar-refractivity contribution in [1.82, 2.24) is 9.80 Å². The number of carbonyl (C=O) groups is 1. The van der Waals surface area contributed by atoms with Crippen LogP contribution in [0.25, 0.3) is 11.1 Å². The highest BCUT2D eigenvalue weighted by Crippen LogP contribution is 2.27. The van der Waals surface area contributed by atoms with Crippen molar-refractivity contribution >= 4 is 40.6 Å². The number of anilines is 2. The van der Waals surface area contributed by atoms with Crippen LogP contribution >= 0.6 is 23.2 Å². The van der Waals surface area contributed by atoms with E-state index in [0.29, 0.717) is 34.0 Å². The van der Waals surface area contributed by atoms with Gasteiger partial charge in [-0.1, -0.05) is 47.5 Å². The summed E-state index contributed by atoms with van der Waals surface area (Å²) in [4.78, 5) is 19.9. The van der Waals surface area contributed by atoms with Gasteiger partial charge in [-0.25, -0.2) is 4.79 Å². The Kier molecular flexibility index (Phi) is 8.50. The quantitative estimate of drug-likeness (QED) is 0.382. The molecule has 1 fully saturated rings. The molecule has 3 aromatic carbocycles. The Bertz CT molecular complexity index is 1240. The lowest BCUT2D eigenvalue weighted by Crippen LogP contribution is -2.46. The average molecular weight is 522 g/mol. The van der Waals surface area contributed by atoms with Crippen LogP contribution in [-0.2, 0) is 0 Å². The van der Waals surface area contributed by atoms with E-state index in [9.17, 15) is 10.1 Å². The zero-order chi connectivity index (χ0) is 25.7. The van der Waals surface area contributed by atoms with Crippen molar-refractivity contribution in [3.63, 3.8) is 0 Å². The van der Waals surface area contributed by atoms with Crippen LogP contribution in [0.5, 0.6) is 0 Å². The lowest BCUT2D eigenvalue weighted by molar-refractivity contribution is 0.123. The molecule has 1 heterocycles. The predicted octanol–water partition coefficient (Wildman–Crippen LogP) is 6.55. The zero-order valence-electron chi connectivity index (χ0n) is 20.4. The van der Waals surface area contributed by atoms with Crippen molar-refractivity contribution < 1.29 is 4.79 Å². The molecule has 1 aliphatic heterocycles. The number of nitrogens with zero attached hydrogens (tertiary/aromatic N) is 4. The molecular weight excluding hydrogens is 493 g/mol. The Hall–Kier alpha value is -3.08. The molecule has 0 unspecified atom stereocenters. The standard InChI is InChI=1S/C28H29Cl2N5O/c1-33(2)27-7-4-12-34(27)13-14-35(28(36)32-25-17-23(29)16-24(30)18-25)26-10-8-21(9-11-26)22-6-3-5-20(15-22)19-31/h3,5-6,8-11,15-18,27H,4,7,12-14H2,1-2H3,(H,32,36)/t27-/m0/s1. The number of amides is 2. The van der Waals surface area contributed by atoms with Gasteiger partial charge in [-0.15, -0.1) is 0 Å². The van der Waals surface area contributed by atoms with Gasteiger partial charge < -0.3 is 5.32 Å². The molecule has 186 valence electrons. The summed E-state index contributed by atoms with van der Waals surface area (Å²) in [7, 11) is 4.19. The highest BCUT2D eigenvalue weighted by molar-refractivity contribution is 6.35. The fourth-order valence-electron chi connectivity index (χ4n) is 4.65. The molecule has 1 atom stereocenters. The summed E-state index contributed by atoms with van der Waals surface area (Å²) in [5.74, 6) is 0. The average Bonchev–Trinajstić information content (AvgIpc) is 3.33. The van der Waals surface area contributed by atoms with Crippen LogP contribution in [0.2, 0.25) is 10.0 Å². The van der Waals surface area contributed by atoms with Gasteiger partial charge in [0.1, 0.15) is 0 Å². The van der Waals surface area contributed by atoms with E-state index in [-0.39, 0.29) is 6.03 Å². The minimum absolute atomic E-state index is 0.256. The van der Waals surface area contributed by atoms with Crippen LogP contribution in [0.15, 0.2) is 66.7 Å². The van der Waals surface area contributed by atoms with Crippen LogP contribution in [0.1, 0.15) is 18.4 Å². The number of hydrogen-bond donors (Lipinski definition) is 1. The van der Waals surface area contributed by atoms with Gasteiger partial charge in [-0.05, 0) is 87.1 Å². The zero-order valence-corrected chi connectivity index (χ0v) is 21.9. The predicted molar refractivity (Wildman–Crippen MR) is 148 cm³/mol. The highest BCUT2D eigenvalue weighted by Gasteiger charge is 2.27. The van der Waals surface area contributed by atoms with Crippen LogP contribution in [0.4, 0.5) is 16.2 Å². The van der Waals surface area contributed by atoms with Gasteiger partial charge in [0.05, 0.1) is 17.8 Å². The van der Waals surface area contributed by atoms with Crippen molar-refractivity contribution in [1.29, 1.82) is 5.26 Å². The Morgan fingerprint density at radius 2 is 1.78 bits per heavy atom. The van der Waals surface area contributed by atoms with Crippen LogP contribution in [-0.4, -0.2) is 55.7 Å². The van der Waals surface area contributed by atoms with Crippen molar-refractivity contribution in [2.45, 2.75) is 19.0 Å². The van der Waals surface area contributed by atoms with Gasteiger partial charge in [0.15, 0.2) is 0 Å². The number of likely N-dealkylation sites (tertiary alicyclic amines) is 1. The van der Waals surface area contributed by atoms with Gasteiger partial charge in [-0.2, -0.15) is 5.26 Å². The Morgan fingerprint density at radius 1 is 1.06 bits per heavy atom. The molecule has 0 spiro atoms. The molecule has 4 rings (SSSR count). The molecule has 8 heteroatoms. The molecule has 0 bridgehead atoms. The number of urea groups is 1. The molecule has 2 amide bonds. The number of carbonyl (C=O) groups excluding carboxylic acids is 1. The van der Waals surface area contributed by atoms with E-state index in [1.807, 2.05) is 42.5 Å². The molecule has 1 N–H and O–H groups in total. The highest BCUT2D eigenvalue weighted by atomic mass is 35.5. The summed E-state index contributed by atoms with van der Waals surface area (Å²) >= 11 is 12.3. The Balaban J connectivity index is 1.57. The second-order valence-electron chi connectivity index (χ2n) is 9.10. The summed E-state index contributed by atoms with van der Waals surface area (Å²) in [6.45, 7) is 2.28. The summed E-state index contributed by atoms with van der Waals surface area (Å²) in [6, 6.07) is 22.2. The van der Waals surface area contributed by atoms with Crippen LogP contribution < -0.4 is 10.2 Å². The summed E-state index contributed by atoms with van der Waals surface area (Å²) in [5.41, 5.74) is 3.86. The molecule has 0 aliphatic carbocycles. The van der Waals surface area contributed by atoms with E-state index in [1.54, 1.807) is 29.2 Å². The first-order valence-electron chi connectivity index (χ1n) is 11.9. The molecule has 36 heavy (non-hydrogen) atoms. The lowest BCUT2D eigenvalue weighted by atomic mass is 10.0. The molecule has 0 saturated carbocycles. The monoisotopic (exact) mass is 521 g/mol. The number of hydrogen-bond acceptors (Lipinski definition) is 4. The van der Waals surface area contributed by atoms with Crippen molar-refractivity contribution in [2.75, 3.05) is 43.9 Å². The molecule has 6 nitrogen and oxygen atoms in total. The molecule has 0 radical (unpaired) electrons. The third-order valence-corrected chi connectivity index (χ3v) is 6.84. The first-order chi connectivity index (χ1) is 17.3. The SMILES string of the molecule is CN(C)[C@@H]1CCCN1CCN(C(=O)Nc1cc(Cl)cc(Cl)c1)c1ccc(-c2cccc(C#N)c2)cc1. The maximum absolute atomic E-state index is 13.5. The summed E-state index contributed by atoms with van der Waals surface area (Å²) in [6.07, 6.45) is 2.64. The minimum atomic E-state index is -0.256. The maximum atomic E-state index is 13.5. The Labute approximate surface area is 222 Å². The minimum Gasteiger partial charge on any atom is -0.307 e. The van der Waals surface area contributed by atoms with Crippen LogP contribution in [0.3, 0.4) is 0 Å². The number of halogens is 2. The van der Waals surface area contributed by atoms with Crippen LogP contribution in [0, 0.1) is 11.3 Å². The van der Waals surface area contributed by atoms with Crippen molar-refractivity contribution in [2.24, 2.45) is 0 Å². The number of nitriles is 1. The van der Waals surface area contributed by atoms with E-state index in [1.165, 1.54) is 0 Å². The van der Waals surface area contributed by atoms with Gasteiger partial charge in [-0.3, -0.25) is 14.7 Å². The smallest absolute Gasteiger partial charge is 0.307 e. The third kappa shape index (κ3) is 6.37. The topological polar surface area (TPSA) is 62.6 Å². The molecular formula is C28H29Cl2N5O. The van der Waals surface area contributed by atoms with E-state index in [0.717, 1.165) is 42.7 Å². The Morgan fingerprint density at radius 3 is 2.44 bits per heavy atom. The van der Waals surface area contributed by atoms with E-state index >= 15 is 0 Å². The molecule has 3 aromatic rings. The lowest BCUT2D eigenvalue weighted by Gasteiger charge is -2.32.